The number of carboxylic acid groups (broad SMARTS) is 1. The Bertz CT molecular complexity index is 3290. The molecule has 0 saturated heterocycles. The van der Waals surface area contributed by atoms with Crippen molar-refractivity contribution in [3.63, 3.8) is 0 Å². The van der Waals surface area contributed by atoms with E-state index in [2.05, 4.69) is 131 Å². The lowest BCUT2D eigenvalue weighted by atomic mass is 10.0. The highest BCUT2D eigenvalue weighted by atomic mass is 32.1. The summed E-state index contributed by atoms with van der Waals surface area (Å²) in [5.41, 5.74) is 11.6. The van der Waals surface area contributed by atoms with Crippen LogP contribution in [0.2, 0.25) is 0 Å². The molecule has 0 unspecified atom stereocenters. The largest absolute Gasteiger partial charge is 0.494 e. The number of ether oxygens (including phenoxy) is 1. The Kier molecular flexibility index (Phi) is 23.1. The van der Waals surface area contributed by atoms with Gasteiger partial charge in [0.15, 0.2) is 0 Å². The predicted molar refractivity (Wildman–Crippen MR) is 346 cm³/mol. The van der Waals surface area contributed by atoms with Gasteiger partial charge in [0.1, 0.15) is 17.4 Å². The minimum absolute atomic E-state index is 0.203. The van der Waals surface area contributed by atoms with E-state index in [4.69, 9.17) is 4.74 Å². The Labute approximate surface area is 489 Å². The van der Waals surface area contributed by atoms with Crippen LogP contribution in [0.25, 0.3) is 78.7 Å². The van der Waals surface area contributed by atoms with Gasteiger partial charge in [-0.05, 0) is 170 Å². The average molecular weight is 1130 g/mol. The second-order valence-corrected chi connectivity index (χ2v) is 26.0. The van der Waals surface area contributed by atoms with E-state index in [1.165, 1.54) is 186 Å². The molecule has 0 saturated carbocycles. The van der Waals surface area contributed by atoms with Gasteiger partial charge in [0, 0.05) is 67.4 Å². The van der Waals surface area contributed by atoms with Crippen molar-refractivity contribution in [3.8, 4) is 62.6 Å². The van der Waals surface area contributed by atoms with Gasteiger partial charge in [0.05, 0.1) is 6.61 Å². The highest BCUT2D eigenvalue weighted by molar-refractivity contribution is 7.29. The molecule has 0 aliphatic rings. The van der Waals surface area contributed by atoms with Crippen molar-refractivity contribution in [1.82, 2.24) is 4.57 Å². The van der Waals surface area contributed by atoms with Crippen LogP contribution in [-0.2, 0) is 37.0 Å². The number of rotatable bonds is 34. The van der Waals surface area contributed by atoms with E-state index in [9.17, 15) is 15.2 Å². The van der Waals surface area contributed by atoms with E-state index in [0.717, 1.165) is 87.1 Å². The number of fused-ring (bicyclic) bond motifs is 3. The van der Waals surface area contributed by atoms with Crippen molar-refractivity contribution in [2.24, 2.45) is 0 Å². The molecule has 1 N–H and O–H groups in total. The second kappa shape index (κ2) is 30.5. The van der Waals surface area contributed by atoms with Gasteiger partial charge < -0.3 is 14.4 Å². The average Bonchev–Trinajstić information content (AvgIpc) is 4.52. The van der Waals surface area contributed by atoms with Crippen LogP contribution in [0.15, 0.2) is 90.5 Å². The van der Waals surface area contributed by atoms with Gasteiger partial charge >= 0.3 is 5.97 Å². The van der Waals surface area contributed by atoms with E-state index < -0.39 is 5.97 Å². The minimum Gasteiger partial charge on any atom is -0.494 e. The molecule has 418 valence electrons. The van der Waals surface area contributed by atoms with E-state index in [1.807, 2.05) is 40.1 Å². The van der Waals surface area contributed by atoms with Gasteiger partial charge in [-0.25, -0.2) is 4.79 Å². The summed E-state index contributed by atoms with van der Waals surface area (Å²) in [7, 11) is 0. The fourth-order valence-corrected chi connectivity index (χ4v) is 16.4. The Balaban J connectivity index is 1.19. The Morgan fingerprint density at radius 2 is 0.911 bits per heavy atom. The standard InChI is InChI=1S/C70H86N2O3S4/c1-7-13-18-23-28-51-43-64(76-62(51)47-56(48-71)70(73)74)67-54(30-25-20-15-9-3)45-66(78-67)69-55(31-26-21-16-10-4)46-65(79-69)68-53(29-24-19-14-8-2)44-63(77-68)52-35-39-61-59(42-52)58-41-50(34-38-60(58)72(61)12-6)49-32-36-57(37-33-49)75-40-27-22-17-11-5/h32-39,41-47H,7-31,40H2,1-6H3,(H,73,74)/b56-47+. The molecule has 0 radical (unpaired) electrons. The summed E-state index contributed by atoms with van der Waals surface area (Å²) >= 11 is 7.59. The monoisotopic (exact) mass is 1130 g/mol. The molecule has 0 spiro atoms. The molecule has 0 amide bonds. The molecular weight excluding hydrogens is 1050 g/mol. The SMILES string of the molecule is CCCCCCOc1ccc(-c2ccc3c(c2)c2cc(-c4cc(CCCCCC)c(-c5cc(CCCCCC)c(-c6cc(CCCCCC)c(-c7cc(CCCCCC)c(/C=C(\C#N)C(=O)O)s7)s6)s5)s4)ccc2n3CC)cc1. The van der Waals surface area contributed by atoms with Crippen LogP contribution in [-0.4, -0.2) is 22.2 Å². The molecule has 5 nitrogen and oxygen atoms in total. The number of carbonyl (C=O) groups is 1. The zero-order valence-corrected chi connectivity index (χ0v) is 51.6. The molecule has 0 aliphatic carbocycles. The van der Waals surface area contributed by atoms with Crippen molar-refractivity contribution in [1.29, 1.82) is 5.26 Å². The fourth-order valence-electron chi connectivity index (χ4n) is 11.2. The van der Waals surface area contributed by atoms with E-state index >= 15 is 0 Å². The Hall–Kier alpha value is -5.24. The number of aryl methyl sites for hydroxylation is 5. The minimum atomic E-state index is -1.17. The lowest BCUT2D eigenvalue weighted by Crippen LogP contribution is -1.97. The van der Waals surface area contributed by atoms with Crippen molar-refractivity contribution in [2.75, 3.05) is 6.61 Å². The van der Waals surface area contributed by atoms with Crippen LogP contribution in [0, 0.1) is 11.3 Å². The lowest BCUT2D eigenvalue weighted by Gasteiger charge is -2.08. The maximum absolute atomic E-state index is 12.1. The number of hydrogen-bond donors (Lipinski definition) is 1. The van der Waals surface area contributed by atoms with Gasteiger partial charge in [-0.1, -0.05) is 155 Å². The number of thiophene rings is 4. The first-order chi connectivity index (χ1) is 38.7. The first-order valence-corrected chi connectivity index (χ1v) is 33.6. The molecule has 8 rings (SSSR count). The van der Waals surface area contributed by atoms with Crippen LogP contribution >= 0.6 is 45.3 Å². The third kappa shape index (κ3) is 15.4. The summed E-state index contributed by atoms with van der Waals surface area (Å²) in [6.45, 7) is 15.3. The molecule has 79 heavy (non-hydrogen) atoms. The fraction of sp³-hybridized carbons (Fsp3) is 0.457. The number of hydrogen-bond acceptors (Lipinski definition) is 7. The number of aliphatic carboxylic acids is 1. The molecule has 8 aromatic rings. The highest BCUT2D eigenvalue weighted by Crippen LogP contribution is 2.50. The van der Waals surface area contributed by atoms with Crippen molar-refractivity contribution < 1.29 is 14.6 Å². The first-order valence-electron chi connectivity index (χ1n) is 30.4. The van der Waals surface area contributed by atoms with Crippen LogP contribution in [0.3, 0.4) is 0 Å². The molecule has 5 aromatic heterocycles. The smallest absolute Gasteiger partial charge is 0.346 e. The van der Waals surface area contributed by atoms with Crippen molar-refractivity contribution in [2.45, 2.75) is 202 Å². The molecule has 0 bridgehead atoms. The van der Waals surface area contributed by atoms with Gasteiger partial charge in [0.2, 0.25) is 0 Å². The zero-order chi connectivity index (χ0) is 55.5. The maximum atomic E-state index is 12.1. The summed E-state index contributed by atoms with van der Waals surface area (Å²) in [5.74, 6) is -0.227. The van der Waals surface area contributed by atoms with E-state index in [1.54, 1.807) is 17.4 Å². The third-order valence-corrected chi connectivity index (χ3v) is 20.9. The van der Waals surface area contributed by atoms with Crippen molar-refractivity contribution in [3.05, 3.63) is 118 Å². The van der Waals surface area contributed by atoms with Crippen LogP contribution < -0.4 is 4.74 Å². The quantitative estimate of drug-likeness (QED) is 0.0248. The first kappa shape index (κ1) is 59.9. The summed E-state index contributed by atoms with van der Waals surface area (Å²) in [5, 5.41) is 22.4. The Morgan fingerprint density at radius 3 is 1.39 bits per heavy atom. The predicted octanol–water partition coefficient (Wildman–Crippen LogP) is 22.8. The molecule has 0 fully saturated rings. The molecule has 5 heterocycles. The third-order valence-electron chi connectivity index (χ3n) is 15.7. The maximum Gasteiger partial charge on any atom is 0.346 e. The van der Waals surface area contributed by atoms with Crippen molar-refractivity contribution >= 4 is 79.2 Å². The lowest BCUT2D eigenvalue weighted by molar-refractivity contribution is -0.132. The molecule has 0 aliphatic heterocycles. The van der Waals surface area contributed by atoms with Crippen LogP contribution in [0.4, 0.5) is 0 Å². The number of aromatic nitrogens is 1. The van der Waals surface area contributed by atoms with Gasteiger partial charge in [-0.3, -0.25) is 0 Å². The zero-order valence-electron chi connectivity index (χ0n) is 48.3. The van der Waals surface area contributed by atoms with Crippen LogP contribution in [0.1, 0.15) is 197 Å². The van der Waals surface area contributed by atoms with Gasteiger partial charge in [-0.15, -0.1) is 45.3 Å². The normalized spacial score (nSPS) is 11.9. The second-order valence-electron chi connectivity index (χ2n) is 21.8. The summed E-state index contributed by atoms with van der Waals surface area (Å²) in [6, 6.07) is 34.8. The Morgan fingerprint density at radius 1 is 0.494 bits per heavy atom. The summed E-state index contributed by atoms with van der Waals surface area (Å²) in [6.07, 6.45) is 29.6. The number of nitriles is 1. The molecule has 3 aromatic carbocycles. The summed E-state index contributed by atoms with van der Waals surface area (Å²) in [4.78, 5) is 22.5. The number of unbranched alkanes of at least 4 members (excludes halogenated alkanes) is 15. The van der Waals surface area contributed by atoms with Gasteiger partial charge in [0.25, 0.3) is 0 Å². The number of nitrogens with zero attached hydrogens (tertiary/aromatic N) is 2. The number of benzene rings is 3. The topological polar surface area (TPSA) is 75.2 Å². The molecular formula is C70H86N2O3S4. The summed E-state index contributed by atoms with van der Waals surface area (Å²) < 4.78 is 8.59. The van der Waals surface area contributed by atoms with Crippen LogP contribution in [0.5, 0.6) is 5.75 Å². The van der Waals surface area contributed by atoms with E-state index in [0.29, 0.717) is 0 Å². The molecule has 0 atom stereocenters. The number of carboxylic acids is 1. The highest BCUT2D eigenvalue weighted by Gasteiger charge is 2.24. The van der Waals surface area contributed by atoms with E-state index in [-0.39, 0.29) is 5.57 Å². The van der Waals surface area contributed by atoms with Gasteiger partial charge in [-0.2, -0.15) is 5.26 Å². The molecule has 9 heteroatoms.